The number of hydrogen-bond acceptors (Lipinski definition) is 2. The zero-order valence-corrected chi connectivity index (χ0v) is 10.5. The highest BCUT2D eigenvalue weighted by Gasteiger charge is 2.46. The molecule has 1 spiro atoms. The average Bonchev–Trinajstić information content (AvgIpc) is 2.70. The summed E-state index contributed by atoms with van der Waals surface area (Å²) < 4.78 is 6.44. The summed E-state index contributed by atoms with van der Waals surface area (Å²) in [6, 6.07) is 5.96. The van der Waals surface area contributed by atoms with Gasteiger partial charge in [-0.1, -0.05) is 34.8 Å². The van der Waals surface area contributed by atoms with Gasteiger partial charge in [-0.2, -0.15) is 0 Å². The Balaban J connectivity index is 2.01. The summed E-state index contributed by atoms with van der Waals surface area (Å²) >= 11 is 3.39. The van der Waals surface area contributed by atoms with Gasteiger partial charge in [-0.05, 0) is 37.0 Å². The Hall–Kier alpha value is -0.830. The third-order valence-electron chi connectivity index (χ3n) is 3.75. The Bertz CT molecular complexity index is 447. The van der Waals surface area contributed by atoms with Crippen LogP contribution in [0.15, 0.2) is 22.7 Å². The summed E-state index contributed by atoms with van der Waals surface area (Å²) in [6.07, 6.45) is 5.14. The molecule has 1 saturated carbocycles. The highest BCUT2D eigenvalue weighted by Crippen LogP contribution is 2.46. The first-order chi connectivity index (χ1) is 7.70. The molecule has 2 aliphatic rings. The molecule has 0 radical (unpaired) electrons. The van der Waals surface area contributed by atoms with Crippen LogP contribution in [0.2, 0.25) is 0 Å². The SMILES string of the molecule is O=C1Oc2cc(Br)ccc2CC12CCCC2. The van der Waals surface area contributed by atoms with Gasteiger partial charge >= 0.3 is 5.97 Å². The van der Waals surface area contributed by atoms with E-state index in [2.05, 4.69) is 22.0 Å². The predicted octanol–water partition coefficient (Wildman–Crippen LogP) is 3.47. The van der Waals surface area contributed by atoms with Gasteiger partial charge in [0.2, 0.25) is 0 Å². The Morgan fingerprint density at radius 1 is 1.25 bits per heavy atom. The minimum Gasteiger partial charge on any atom is -0.426 e. The van der Waals surface area contributed by atoms with Crippen molar-refractivity contribution in [2.45, 2.75) is 32.1 Å². The fourth-order valence-electron chi connectivity index (χ4n) is 2.85. The maximum atomic E-state index is 12.1. The van der Waals surface area contributed by atoms with Crippen LogP contribution in [0, 0.1) is 5.41 Å². The molecule has 1 aliphatic heterocycles. The van der Waals surface area contributed by atoms with Crippen LogP contribution in [0.1, 0.15) is 31.2 Å². The molecule has 3 heteroatoms. The van der Waals surface area contributed by atoms with Crippen LogP contribution in [-0.4, -0.2) is 5.97 Å². The maximum Gasteiger partial charge on any atom is 0.317 e. The third kappa shape index (κ3) is 1.49. The van der Waals surface area contributed by atoms with Gasteiger partial charge in [0.15, 0.2) is 0 Å². The molecule has 1 aromatic carbocycles. The van der Waals surface area contributed by atoms with Crippen molar-refractivity contribution in [1.82, 2.24) is 0 Å². The Morgan fingerprint density at radius 3 is 2.75 bits per heavy atom. The van der Waals surface area contributed by atoms with Crippen LogP contribution >= 0.6 is 15.9 Å². The van der Waals surface area contributed by atoms with E-state index in [0.717, 1.165) is 42.3 Å². The standard InChI is InChI=1S/C13H13BrO2/c14-10-4-3-9-8-13(5-1-2-6-13)12(15)16-11(9)7-10/h3-4,7H,1-2,5-6,8H2. The molecular formula is C13H13BrO2. The minimum absolute atomic E-state index is 0.0180. The van der Waals surface area contributed by atoms with E-state index in [1.807, 2.05) is 12.1 Å². The van der Waals surface area contributed by atoms with Gasteiger partial charge in [-0.25, -0.2) is 0 Å². The summed E-state index contributed by atoms with van der Waals surface area (Å²) in [5.41, 5.74) is 0.964. The van der Waals surface area contributed by atoms with Gasteiger partial charge in [-0.15, -0.1) is 0 Å². The van der Waals surface area contributed by atoms with Gasteiger partial charge in [0.1, 0.15) is 5.75 Å². The number of carbonyl (C=O) groups excluding carboxylic acids is 1. The van der Waals surface area contributed by atoms with Crippen molar-refractivity contribution in [3.05, 3.63) is 28.2 Å². The lowest BCUT2D eigenvalue weighted by Crippen LogP contribution is -2.38. The molecule has 16 heavy (non-hydrogen) atoms. The first-order valence-electron chi connectivity index (χ1n) is 5.70. The fourth-order valence-corrected chi connectivity index (χ4v) is 3.19. The summed E-state index contributed by atoms with van der Waals surface area (Å²) in [7, 11) is 0. The van der Waals surface area contributed by atoms with Gasteiger partial charge in [-0.3, -0.25) is 4.79 Å². The van der Waals surface area contributed by atoms with Crippen molar-refractivity contribution in [2.24, 2.45) is 5.41 Å². The zero-order valence-electron chi connectivity index (χ0n) is 8.96. The van der Waals surface area contributed by atoms with E-state index in [9.17, 15) is 4.79 Å². The van der Waals surface area contributed by atoms with E-state index in [1.54, 1.807) is 0 Å². The van der Waals surface area contributed by atoms with Crippen LogP contribution in [0.3, 0.4) is 0 Å². The number of ether oxygens (including phenoxy) is 1. The van der Waals surface area contributed by atoms with Crippen LogP contribution in [-0.2, 0) is 11.2 Å². The van der Waals surface area contributed by atoms with Crippen molar-refractivity contribution in [3.63, 3.8) is 0 Å². The van der Waals surface area contributed by atoms with Crippen LogP contribution in [0.5, 0.6) is 5.75 Å². The lowest BCUT2D eigenvalue weighted by atomic mass is 9.78. The van der Waals surface area contributed by atoms with Gasteiger partial charge in [0, 0.05) is 4.47 Å². The second kappa shape index (κ2) is 3.59. The van der Waals surface area contributed by atoms with E-state index in [-0.39, 0.29) is 11.4 Å². The topological polar surface area (TPSA) is 26.3 Å². The molecule has 0 aromatic heterocycles. The number of hydrogen-bond donors (Lipinski definition) is 0. The van der Waals surface area contributed by atoms with E-state index in [0.29, 0.717) is 0 Å². The molecule has 0 unspecified atom stereocenters. The first kappa shape index (κ1) is 10.3. The summed E-state index contributed by atoms with van der Waals surface area (Å²) in [5.74, 6) is 0.715. The first-order valence-corrected chi connectivity index (χ1v) is 6.50. The number of halogens is 1. The number of benzene rings is 1. The third-order valence-corrected chi connectivity index (χ3v) is 4.25. The molecule has 1 aliphatic carbocycles. The van der Waals surface area contributed by atoms with Crippen molar-refractivity contribution in [2.75, 3.05) is 0 Å². The average molecular weight is 281 g/mol. The highest BCUT2D eigenvalue weighted by atomic mass is 79.9. The molecule has 84 valence electrons. The molecule has 0 saturated heterocycles. The van der Waals surface area contributed by atoms with Gasteiger partial charge < -0.3 is 4.74 Å². The largest absolute Gasteiger partial charge is 0.426 e. The van der Waals surface area contributed by atoms with Crippen LogP contribution in [0.4, 0.5) is 0 Å². The zero-order chi connectivity index (χ0) is 11.2. The van der Waals surface area contributed by atoms with Crippen molar-refractivity contribution in [1.29, 1.82) is 0 Å². The van der Waals surface area contributed by atoms with E-state index < -0.39 is 0 Å². The van der Waals surface area contributed by atoms with Crippen molar-refractivity contribution >= 4 is 21.9 Å². The van der Waals surface area contributed by atoms with Crippen LogP contribution in [0.25, 0.3) is 0 Å². The smallest absolute Gasteiger partial charge is 0.317 e. The fraction of sp³-hybridized carbons (Fsp3) is 0.462. The molecule has 2 nitrogen and oxygen atoms in total. The predicted molar refractivity (Wildman–Crippen MR) is 64.4 cm³/mol. The van der Waals surface area contributed by atoms with E-state index in [4.69, 9.17) is 4.74 Å². The minimum atomic E-state index is -0.208. The summed E-state index contributed by atoms with van der Waals surface area (Å²) in [6.45, 7) is 0. The Morgan fingerprint density at radius 2 is 2.00 bits per heavy atom. The van der Waals surface area contributed by atoms with Gasteiger partial charge in [0.05, 0.1) is 5.41 Å². The number of esters is 1. The molecule has 0 atom stereocenters. The molecule has 0 amide bonds. The van der Waals surface area contributed by atoms with Crippen molar-refractivity contribution < 1.29 is 9.53 Å². The molecule has 1 fully saturated rings. The molecule has 0 N–H and O–H groups in total. The maximum absolute atomic E-state index is 12.1. The highest BCUT2D eigenvalue weighted by molar-refractivity contribution is 9.10. The lowest BCUT2D eigenvalue weighted by Gasteiger charge is -2.32. The lowest BCUT2D eigenvalue weighted by molar-refractivity contribution is -0.147. The monoisotopic (exact) mass is 280 g/mol. The normalized spacial score (nSPS) is 21.9. The van der Waals surface area contributed by atoms with E-state index >= 15 is 0 Å². The number of rotatable bonds is 0. The molecule has 0 bridgehead atoms. The molecular weight excluding hydrogens is 268 g/mol. The Kier molecular flexibility index (Phi) is 2.32. The van der Waals surface area contributed by atoms with Gasteiger partial charge in [0.25, 0.3) is 0 Å². The second-order valence-corrected chi connectivity index (χ2v) is 5.72. The van der Waals surface area contributed by atoms with Crippen molar-refractivity contribution in [3.8, 4) is 5.75 Å². The molecule has 1 heterocycles. The summed E-state index contributed by atoms with van der Waals surface area (Å²) in [4.78, 5) is 12.1. The van der Waals surface area contributed by atoms with Crippen LogP contribution < -0.4 is 4.74 Å². The Labute approximate surface area is 103 Å². The summed E-state index contributed by atoms with van der Waals surface area (Å²) in [5, 5.41) is 0. The van der Waals surface area contributed by atoms with E-state index in [1.165, 1.54) is 5.56 Å². The number of carbonyl (C=O) groups is 1. The number of fused-ring (bicyclic) bond motifs is 1. The molecule has 3 rings (SSSR count). The molecule has 1 aromatic rings. The second-order valence-electron chi connectivity index (χ2n) is 4.81. The quantitative estimate of drug-likeness (QED) is 0.537.